The van der Waals surface area contributed by atoms with Gasteiger partial charge in [-0.25, -0.2) is 13.4 Å². The minimum atomic E-state index is -3.54. The molecule has 1 fully saturated rings. The van der Waals surface area contributed by atoms with E-state index in [0.29, 0.717) is 47.8 Å². The molecular weight excluding hydrogens is 468 g/mol. The third-order valence-corrected chi connectivity index (χ3v) is 8.40. The number of piperazine rings is 1. The molecular formula is C21H23BrN4O3S. The summed E-state index contributed by atoms with van der Waals surface area (Å²) in [6.07, 6.45) is 0. The van der Waals surface area contributed by atoms with E-state index in [2.05, 4.69) is 30.8 Å². The molecule has 4 rings (SSSR count). The lowest BCUT2D eigenvalue weighted by Crippen LogP contribution is -2.49. The summed E-state index contributed by atoms with van der Waals surface area (Å²) in [7, 11) is -3.54. The predicted octanol–water partition coefficient (Wildman–Crippen LogP) is 3.06. The molecule has 0 amide bonds. The number of para-hydroxylation sites is 1. The van der Waals surface area contributed by atoms with Gasteiger partial charge in [0.05, 0.1) is 21.8 Å². The van der Waals surface area contributed by atoms with Crippen molar-refractivity contribution in [2.75, 3.05) is 26.2 Å². The number of aromatic nitrogens is 2. The van der Waals surface area contributed by atoms with Crippen LogP contribution in [0.1, 0.15) is 24.4 Å². The van der Waals surface area contributed by atoms with Gasteiger partial charge in [-0.2, -0.15) is 4.31 Å². The van der Waals surface area contributed by atoms with Gasteiger partial charge in [-0.1, -0.05) is 28.1 Å². The van der Waals surface area contributed by atoms with E-state index >= 15 is 0 Å². The second-order valence-corrected chi connectivity index (χ2v) is 10.3. The number of aromatic amines is 1. The van der Waals surface area contributed by atoms with Crippen molar-refractivity contribution in [3.63, 3.8) is 0 Å². The number of H-pyrrole nitrogens is 1. The Hall–Kier alpha value is -2.07. The molecule has 30 heavy (non-hydrogen) atoms. The van der Waals surface area contributed by atoms with Crippen molar-refractivity contribution in [2.24, 2.45) is 0 Å². The van der Waals surface area contributed by atoms with Crippen molar-refractivity contribution < 1.29 is 8.42 Å². The van der Waals surface area contributed by atoms with Gasteiger partial charge in [0, 0.05) is 30.7 Å². The standard InChI is InChI=1S/C21H23BrN4O3S/c1-14-13-16(7-8-18(14)22)30(28,29)26-11-9-25(10-12-26)15(2)20-23-19-6-4-3-5-17(19)21(27)24-20/h3-8,13,15H,9-12H2,1-2H3,(H,23,24,27)/t15-/m0/s1. The van der Waals surface area contributed by atoms with Crippen LogP contribution in [0.5, 0.6) is 0 Å². The van der Waals surface area contributed by atoms with E-state index < -0.39 is 10.0 Å². The van der Waals surface area contributed by atoms with Crippen LogP contribution in [0.4, 0.5) is 0 Å². The fraction of sp³-hybridized carbons (Fsp3) is 0.333. The summed E-state index contributed by atoms with van der Waals surface area (Å²) in [4.78, 5) is 22.3. The number of hydrogen-bond acceptors (Lipinski definition) is 5. The third-order valence-electron chi connectivity index (χ3n) is 5.62. The highest BCUT2D eigenvalue weighted by Crippen LogP contribution is 2.25. The number of sulfonamides is 1. The Balaban J connectivity index is 1.50. The summed E-state index contributed by atoms with van der Waals surface area (Å²) >= 11 is 3.41. The average molecular weight is 491 g/mol. The molecule has 0 saturated carbocycles. The van der Waals surface area contributed by atoms with Gasteiger partial charge in [0.1, 0.15) is 5.82 Å². The monoisotopic (exact) mass is 490 g/mol. The minimum Gasteiger partial charge on any atom is -0.309 e. The number of nitrogens with one attached hydrogen (secondary N) is 1. The maximum absolute atomic E-state index is 13.0. The van der Waals surface area contributed by atoms with Gasteiger partial charge in [0.25, 0.3) is 5.56 Å². The molecule has 158 valence electrons. The van der Waals surface area contributed by atoms with Crippen molar-refractivity contribution in [3.05, 3.63) is 68.7 Å². The summed E-state index contributed by atoms with van der Waals surface area (Å²) in [6.45, 7) is 5.76. The first-order chi connectivity index (χ1) is 14.3. The first kappa shape index (κ1) is 21.2. The molecule has 7 nitrogen and oxygen atoms in total. The van der Waals surface area contributed by atoms with Crippen LogP contribution >= 0.6 is 15.9 Å². The number of benzene rings is 2. The molecule has 0 radical (unpaired) electrons. The molecule has 0 bridgehead atoms. The van der Waals surface area contributed by atoms with Crippen LogP contribution in [0.15, 0.2) is 56.6 Å². The van der Waals surface area contributed by atoms with E-state index in [0.717, 1.165) is 10.0 Å². The summed E-state index contributed by atoms with van der Waals surface area (Å²) in [5.41, 5.74) is 1.39. The van der Waals surface area contributed by atoms with E-state index in [1.807, 2.05) is 32.0 Å². The minimum absolute atomic E-state index is 0.123. The second kappa shape index (κ2) is 8.22. The van der Waals surface area contributed by atoms with Gasteiger partial charge in [0.15, 0.2) is 0 Å². The number of aryl methyl sites for hydroxylation is 1. The van der Waals surface area contributed by atoms with Crippen molar-refractivity contribution in [1.29, 1.82) is 0 Å². The number of hydrogen-bond donors (Lipinski definition) is 1. The lowest BCUT2D eigenvalue weighted by atomic mass is 10.2. The van der Waals surface area contributed by atoms with Gasteiger partial charge in [-0.05, 0) is 49.7 Å². The van der Waals surface area contributed by atoms with E-state index in [1.54, 1.807) is 24.3 Å². The maximum Gasteiger partial charge on any atom is 0.258 e. The second-order valence-electron chi connectivity index (χ2n) is 7.50. The molecule has 0 unspecified atom stereocenters. The Bertz CT molecular complexity index is 1250. The van der Waals surface area contributed by atoms with Crippen LogP contribution in [0, 0.1) is 6.92 Å². The van der Waals surface area contributed by atoms with Crippen LogP contribution in [0.3, 0.4) is 0 Å². The van der Waals surface area contributed by atoms with Crippen LogP contribution in [-0.4, -0.2) is 53.8 Å². The zero-order valence-electron chi connectivity index (χ0n) is 16.8. The molecule has 1 saturated heterocycles. The van der Waals surface area contributed by atoms with Crippen LogP contribution < -0.4 is 5.56 Å². The Labute approximate surface area is 183 Å². The number of fused-ring (bicyclic) bond motifs is 1. The molecule has 1 aliphatic rings. The zero-order chi connectivity index (χ0) is 21.5. The van der Waals surface area contributed by atoms with E-state index in [4.69, 9.17) is 0 Å². The van der Waals surface area contributed by atoms with E-state index in [9.17, 15) is 13.2 Å². The lowest BCUT2D eigenvalue weighted by Gasteiger charge is -2.37. The molecule has 1 N–H and O–H groups in total. The van der Waals surface area contributed by atoms with Gasteiger partial charge >= 0.3 is 0 Å². The highest BCUT2D eigenvalue weighted by molar-refractivity contribution is 9.10. The van der Waals surface area contributed by atoms with E-state index in [-0.39, 0.29) is 11.6 Å². The van der Waals surface area contributed by atoms with Gasteiger partial charge in [-0.15, -0.1) is 0 Å². The summed E-state index contributed by atoms with van der Waals surface area (Å²) < 4.78 is 28.5. The van der Waals surface area contributed by atoms with Crippen molar-refractivity contribution >= 4 is 36.9 Å². The van der Waals surface area contributed by atoms with Gasteiger partial charge in [0.2, 0.25) is 10.0 Å². The average Bonchev–Trinajstić information content (AvgIpc) is 2.75. The summed E-state index contributed by atoms with van der Waals surface area (Å²) in [5.74, 6) is 0.596. The Morgan fingerprint density at radius 3 is 2.50 bits per heavy atom. The third kappa shape index (κ3) is 3.94. The SMILES string of the molecule is Cc1cc(S(=O)(=O)N2CCN([C@@H](C)c3nc4ccccc4c(=O)[nH]3)CC2)ccc1Br. The number of nitrogens with zero attached hydrogens (tertiary/aromatic N) is 3. The normalized spacial score (nSPS) is 17.3. The first-order valence-corrected chi connectivity index (χ1v) is 12.0. The summed E-state index contributed by atoms with van der Waals surface area (Å²) in [5, 5.41) is 0.564. The Morgan fingerprint density at radius 2 is 1.80 bits per heavy atom. The fourth-order valence-corrected chi connectivity index (χ4v) is 5.49. The zero-order valence-corrected chi connectivity index (χ0v) is 19.2. The molecule has 0 spiro atoms. The highest BCUT2D eigenvalue weighted by atomic mass is 79.9. The number of rotatable bonds is 4. The fourth-order valence-electron chi connectivity index (χ4n) is 3.73. The van der Waals surface area contributed by atoms with Gasteiger partial charge in [-0.3, -0.25) is 9.69 Å². The van der Waals surface area contributed by atoms with Crippen LogP contribution in [0.25, 0.3) is 10.9 Å². The molecule has 0 aliphatic carbocycles. The highest BCUT2D eigenvalue weighted by Gasteiger charge is 2.31. The lowest BCUT2D eigenvalue weighted by molar-refractivity contribution is 0.141. The quantitative estimate of drug-likeness (QED) is 0.607. The van der Waals surface area contributed by atoms with Gasteiger partial charge < -0.3 is 4.98 Å². The van der Waals surface area contributed by atoms with Crippen molar-refractivity contribution in [1.82, 2.24) is 19.2 Å². The molecule has 9 heteroatoms. The maximum atomic E-state index is 13.0. The van der Waals surface area contributed by atoms with Crippen LogP contribution in [-0.2, 0) is 10.0 Å². The molecule has 1 aliphatic heterocycles. The number of halogens is 1. The van der Waals surface area contributed by atoms with Crippen molar-refractivity contribution in [2.45, 2.75) is 24.8 Å². The topological polar surface area (TPSA) is 86.4 Å². The first-order valence-electron chi connectivity index (χ1n) is 9.76. The predicted molar refractivity (Wildman–Crippen MR) is 120 cm³/mol. The Morgan fingerprint density at radius 1 is 1.10 bits per heavy atom. The molecule has 1 aromatic heterocycles. The molecule has 2 heterocycles. The van der Waals surface area contributed by atoms with Crippen molar-refractivity contribution in [3.8, 4) is 0 Å². The van der Waals surface area contributed by atoms with Crippen LogP contribution in [0.2, 0.25) is 0 Å². The Kier molecular flexibility index (Phi) is 5.80. The molecule has 2 aromatic carbocycles. The largest absolute Gasteiger partial charge is 0.309 e. The molecule has 1 atom stereocenters. The van der Waals surface area contributed by atoms with E-state index in [1.165, 1.54) is 4.31 Å². The summed E-state index contributed by atoms with van der Waals surface area (Å²) in [6, 6.07) is 12.2. The smallest absolute Gasteiger partial charge is 0.258 e. The molecule has 3 aromatic rings.